The smallest absolute Gasteiger partial charge is 0.122 e. The Bertz CT molecular complexity index is 439. The van der Waals surface area contributed by atoms with Crippen LogP contribution in [0.1, 0.15) is 44.4 Å². The van der Waals surface area contributed by atoms with Crippen LogP contribution in [0.2, 0.25) is 0 Å². The van der Waals surface area contributed by atoms with Crippen molar-refractivity contribution in [3.8, 4) is 5.75 Å². The summed E-state index contributed by atoms with van der Waals surface area (Å²) in [5.74, 6) is 1.00. The topological polar surface area (TPSA) is 31.2 Å². The molecule has 1 fully saturated rings. The van der Waals surface area contributed by atoms with Gasteiger partial charge in [0.25, 0.3) is 0 Å². The first-order valence-electron chi connectivity index (χ1n) is 6.22. The van der Waals surface area contributed by atoms with Crippen LogP contribution in [0.25, 0.3) is 0 Å². The first-order valence-corrected chi connectivity index (χ1v) is 6.22. The summed E-state index contributed by atoms with van der Waals surface area (Å²) < 4.78 is 5.52. The molecule has 1 unspecified atom stereocenters. The van der Waals surface area contributed by atoms with Gasteiger partial charge in [0.2, 0.25) is 0 Å². The van der Waals surface area contributed by atoms with E-state index in [2.05, 4.69) is 52.1 Å². The fourth-order valence-electron chi connectivity index (χ4n) is 2.35. The van der Waals surface area contributed by atoms with Crippen molar-refractivity contribution in [1.29, 1.82) is 0 Å². The third kappa shape index (κ3) is 2.19. The molecular weight excluding hydrogens is 210 g/mol. The zero-order chi connectivity index (χ0) is 12.8. The third-order valence-corrected chi connectivity index (χ3v) is 3.66. The van der Waals surface area contributed by atoms with Crippen molar-refractivity contribution in [2.24, 2.45) is 0 Å². The van der Waals surface area contributed by atoms with Crippen molar-refractivity contribution < 1.29 is 4.74 Å². The average molecular weight is 233 g/mol. The van der Waals surface area contributed by atoms with Crippen LogP contribution in [0.3, 0.4) is 0 Å². The van der Waals surface area contributed by atoms with Crippen molar-refractivity contribution in [2.75, 3.05) is 13.7 Å². The lowest BCUT2D eigenvalue weighted by atomic mass is 9.82. The Hall–Kier alpha value is -1.02. The highest BCUT2D eigenvalue weighted by Crippen LogP contribution is 2.39. The Morgan fingerprint density at radius 3 is 2.29 bits per heavy atom. The maximum Gasteiger partial charge on any atom is 0.122 e. The molecule has 2 heteroatoms. The number of ether oxygens (including phenoxy) is 1. The van der Waals surface area contributed by atoms with E-state index in [1.807, 2.05) is 0 Å². The van der Waals surface area contributed by atoms with Crippen molar-refractivity contribution in [2.45, 2.75) is 45.6 Å². The molecule has 1 aliphatic heterocycles. The van der Waals surface area contributed by atoms with Crippen LogP contribution in [0.4, 0.5) is 0 Å². The van der Waals surface area contributed by atoms with Gasteiger partial charge in [-0.2, -0.15) is 0 Å². The second-order valence-corrected chi connectivity index (χ2v) is 6.30. The lowest BCUT2D eigenvalue weighted by Gasteiger charge is -2.25. The largest absolute Gasteiger partial charge is 0.496 e. The second kappa shape index (κ2) is 3.74. The minimum atomic E-state index is 0.110. The van der Waals surface area contributed by atoms with Crippen LogP contribution in [0, 0.1) is 6.92 Å². The second-order valence-electron chi connectivity index (χ2n) is 6.30. The average Bonchev–Trinajstić information content (AvgIpc) is 2.95. The molecule has 1 aromatic carbocycles. The van der Waals surface area contributed by atoms with E-state index < -0.39 is 0 Å². The SMILES string of the molecule is COc1cc(C)c(C2(C)CN2)cc1C(C)(C)C. The van der Waals surface area contributed by atoms with Crippen LogP contribution in [-0.2, 0) is 11.0 Å². The van der Waals surface area contributed by atoms with Gasteiger partial charge in [-0.25, -0.2) is 0 Å². The van der Waals surface area contributed by atoms with Crippen LogP contribution >= 0.6 is 0 Å². The molecule has 1 saturated heterocycles. The number of methoxy groups -OCH3 is 1. The summed E-state index contributed by atoms with van der Waals surface area (Å²) in [6, 6.07) is 4.48. The highest BCUT2D eigenvalue weighted by molar-refractivity contribution is 5.49. The summed E-state index contributed by atoms with van der Waals surface area (Å²) in [5, 5.41) is 3.44. The quantitative estimate of drug-likeness (QED) is 0.796. The van der Waals surface area contributed by atoms with E-state index in [4.69, 9.17) is 4.74 Å². The number of hydrogen-bond acceptors (Lipinski definition) is 2. The summed E-state index contributed by atoms with van der Waals surface area (Å²) in [5.41, 5.74) is 4.29. The highest BCUT2D eigenvalue weighted by Gasteiger charge is 2.40. The van der Waals surface area contributed by atoms with Gasteiger partial charge in [-0.05, 0) is 48.1 Å². The summed E-state index contributed by atoms with van der Waals surface area (Å²) in [6.07, 6.45) is 0. The maximum atomic E-state index is 5.52. The Morgan fingerprint density at radius 1 is 1.29 bits per heavy atom. The molecule has 17 heavy (non-hydrogen) atoms. The van der Waals surface area contributed by atoms with E-state index in [9.17, 15) is 0 Å². The van der Waals surface area contributed by atoms with Gasteiger partial charge in [-0.15, -0.1) is 0 Å². The fraction of sp³-hybridized carbons (Fsp3) is 0.600. The Kier molecular flexibility index (Phi) is 2.74. The molecule has 1 N–H and O–H groups in total. The predicted octanol–water partition coefficient (Wildman–Crippen LogP) is 3.12. The van der Waals surface area contributed by atoms with Crippen molar-refractivity contribution >= 4 is 0 Å². The van der Waals surface area contributed by atoms with Crippen LogP contribution in [0.15, 0.2) is 12.1 Å². The van der Waals surface area contributed by atoms with Crippen LogP contribution in [0.5, 0.6) is 5.75 Å². The number of benzene rings is 1. The minimum absolute atomic E-state index is 0.110. The summed E-state index contributed by atoms with van der Waals surface area (Å²) in [4.78, 5) is 0. The lowest BCUT2D eigenvalue weighted by Crippen LogP contribution is -2.17. The normalized spacial score (nSPS) is 23.6. The molecule has 0 spiro atoms. The molecule has 94 valence electrons. The predicted molar refractivity (Wildman–Crippen MR) is 71.8 cm³/mol. The molecule has 0 saturated carbocycles. The maximum absolute atomic E-state index is 5.52. The molecule has 2 rings (SSSR count). The monoisotopic (exact) mass is 233 g/mol. The molecule has 1 heterocycles. The van der Waals surface area contributed by atoms with E-state index in [1.54, 1.807) is 7.11 Å². The van der Waals surface area contributed by atoms with Crippen LogP contribution in [-0.4, -0.2) is 13.7 Å². The van der Waals surface area contributed by atoms with Crippen molar-refractivity contribution in [3.05, 3.63) is 28.8 Å². The molecule has 1 atom stereocenters. The summed E-state index contributed by atoms with van der Waals surface area (Å²) >= 11 is 0. The minimum Gasteiger partial charge on any atom is -0.496 e. The molecule has 2 nitrogen and oxygen atoms in total. The first-order chi connectivity index (χ1) is 7.78. The Labute approximate surface area is 104 Å². The molecule has 1 aliphatic rings. The molecule has 0 bridgehead atoms. The first kappa shape index (κ1) is 12.4. The molecular formula is C15H23NO. The standard InChI is InChI=1S/C15H23NO/c1-10-7-13(17-6)12(14(2,3)4)8-11(10)15(5)9-16-15/h7-8,16H,9H2,1-6H3. The summed E-state index contributed by atoms with van der Waals surface area (Å²) in [6.45, 7) is 12.2. The van der Waals surface area contributed by atoms with Gasteiger partial charge in [-0.3, -0.25) is 0 Å². The molecule has 0 radical (unpaired) electrons. The number of hydrogen-bond donors (Lipinski definition) is 1. The number of aryl methyl sites for hydroxylation is 1. The zero-order valence-electron chi connectivity index (χ0n) is 11.8. The molecule has 0 aliphatic carbocycles. The Balaban J connectivity index is 2.57. The summed E-state index contributed by atoms with van der Waals surface area (Å²) in [7, 11) is 1.75. The van der Waals surface area contributed by atoms with E-state index in [1.165, 1.54) is 16.7 Å². The van der Waals surface area contributed by atoms with Gasteiger partial charge in [0.15, 0.2) is 0 Å². The van der Waals surface area contributed by atoms with Gasteiger partial charge >= 0.3 is 0 Å². The van der Waals surface area contributed by atoms with Gasteiger partial charge in [-0.1, -0.05) is 20.8 Å². The lowest BCUT2D eigenvalue weighted by molar-refractivity contribution is 0.396. The Morgan fingerprint density at radius 2 is 1.88 bits per heavy atom. The van der Waals surface area contributed by atoms with Crippen molar-refractivity contribution in [3.63, 3.8) is 0 Å². The highest BCUT2D eigenvalue weighted by atomic mass is 16.5. The van der Waals surface area contributed by atoms with Gasteiger partial charge < -0.3 is 10.1 Å². The van der Waals surface area contributed by atoms with E-state index in [-0.39, 0.29) is 11.0 Å². The molecule has 0 aromatic heterocycles. The van der Waals surface area contributed by atoms with Gasteiger partial charge in [0.05, 0.1) is 12.6 Å². The number of rotatable bonds is 2. The van der Waals surface area contributed by atoms with Crippen LogP contribution < -0.4 is 10.1 Å². The molecule has 1 aromatic rings. The number of nitrogens with one attached hydrogen (secondary N) is 1. The van der Waals surface area contributed by atoms with Gasteiger partial charge in [0.1, 0.15) is 5.75 Å². The van der Waals surface area contributed by atoms with E-state index in [0.717, 1.165) is 12.3 Å². The van der Waals surface area contributed by atoms with E-state index >= 15 is 0 Å². The zero-order valence-corrected chi connectivity index (χ0v) is 11.8. The van der Waals surface area contributed by atoms with Crippen molar-refractivity contribution in [1.82, 2.24) is 5.32 Å². The van der Waals surface area contributed by atoms with E-state index in [0.29, 0.717) is 0 Å². The van der Waals surface area contributed by atoms with Gasteiger partial charge in [0, 0.05) is 6.54 Å². The third-order valence-electron chi connectivity index (χ3n) is 3.66. The molecule has 0 amide bonds. The fourth-order valence-corrected chi connectivity index (χ4v) is 2.35.